The van der Waals surface area contributed by atoms with E-state index in [0.29, 0.717) is 17.8 Å². The minimum absolute atomic E-state index is 0.00593. The summed E-state index contributed by atoms with van der Waals surface area (Å²) in [6.45, 7) is 3.78. The molecule has 0 aliphatic carbocycles. The van der Waals surface area contributed by atoms with Gasteiger partial charge in [-0.05, 0) is 31.5 Å². The fourth-order valence-corrected chi connectivity index (χ4v) is 3.11. The van der Waals surface area contributed by atoms with E-state index >= 15 is 0 Å². The van der Waals surface area contributed by atoms with Crippen molar-refractivity contribution in [3.05, 3.63) is 47.1 Å². The molecule has 1 N–H and O–H groups in total. The monoisotopic (exact) mass is 345 g/mol. The highest BCUT2D eigenvalue weighted by Crippen LogP contribution is 2.33. The summed E-state index contributed by atoms with van der Waals surface area (Å²) in [5, 5.41) is 14.9. The standard InChI is InChI=1S/C17H16FN3O4/c1-9-3-4-12(18)14-11(9)7-13(24-14)15(22)21-6-5-17(23,8-21)16-19-10(2)20-25-16/h3-4,7,23H,5-6,8H2,1-2H3. The molecule has 3 heterocycles. The maximum absolute atomic E-state index is 13.9. The number of fused-ring (bicyclic) bond motifs is 1. The highest BCUT2D eigenvalue weighted by Gasteiger charge is 2.44. The first-order valence-electron chi connectivity index (χ1n) is 7.88. The lowest BCUT2D eigenvalue weighted by atomic mass is 10.0. The average molecular weight is 345 g/mol. The SMILES string of the molecule is Cc1noc(C2(O)CCN(C(=O)c3cc4c(C)ccc(F)c4o3)C2)n1. The quantitative estimate of drug-likeness (QED) is 0.766. The Bertz CT molecular complexity index is 941. The summed E-state index contributed by atoms with van der Waals surface area (Å²) in [4.78, 5) is 18.2. The first-order valence-corrected chi connectivity index (χ1v) is 7.88. The smallest absolute Gasteiger partial charge is 0.289 e. The van der Waals surface area contributed by atoms with Crippen LogP contribution in [0.25, 0.3) is 11.0 Å². The van der Waals surface area contributed by atoms with Crippen molar-refractivity contribution in [1.29, 1.82) is 0 Å². The number of rotatable bonds is 2. The molecular formula is C17H16FN3O4. The molecule has 7 nitrogen and oxygen atoms in total. The van der Waals surface area contributed by atoms with Gasteiger partial charge in [0.05, 0.1) is 6.54 Å². The number of carbonyl (C=O) groups excluding carboxylic acids is 1. The normalized spacial score (nSPS) is 20.6. The van der Waals surface area contributed by atoms with Crippen molar-refractivity contribution in [2.45, 2.75) is 25.9 Å². The van der Waals surface area contributed by atoms with Crippen LogP contribution < -0.4 is 0 Å². The molecule has 1 unspecified atom stereocenters. The van der Waals surface area contributed by atoms with Gasteiger partial charge >= 0.3 is 0 Å². The van der Waals surface area contributed by atoms with Crippen molar-refractivity contribution < 1.29 is 23.2 Å². The molecule has 0 spiro atoms. The van der Waals surface area contributed by atoms with E-state index in [2.05, 4.69) is 10.1 Å². The highest BCUT2D eigenvalue weighted by atomic mass is 19.1. The van der Waals surface area contributed by atoms with E-state index in [1.165, 1.54) is 17.0 Å². The maximum Gasteiger partial charge on any atom is 0.289 e. The van der Waals surface area contributed by atoms with Gasteiger partial charge in [0.1, 0.15) is 0 Å². The molecule has 2 aromatic heterocycles. The number of aryl methyl sites for hydroxylation is 2. The van der Waals surface area contributed by atoms with Crippen molar-refractivity contribution in [1.82, 2.24) is 15.0 Å². The van der Waals surface area contributed by atoms with E-state index in [1.807, 2.05) is 6.92 Å². The molecule has 0 saturated carbocycles. The van der Waals surface area contributed by atoms with Gasteiger partial charge in [0.2, 0.25) is 0 Å². The minimum Gasteiger partial charge on any atom is -0.448 e. The third kappa shape index (κ3) is 2.49. The number of likely N-dealkylation sites (tertiary alicyclic amines) is 1. The summed E-state index contributed by atoms with van der Waals surface area (Å²) in [5.41, 5.74) is -0.506. The second-order valence-corrected chi connectivity index (χ2v) is 6.37. The Morgan fingerprint density at radius 1 is 1.40 bits per heavy atom. The molecule has 1 aromatic carbocycles. The fraction of sp³-hybridized carbons (Fsp3) is 0.353. The van der Waals surface area contributed by atoms with Gasteiger partial charge in [0.15, 0.2) is 28.6 Å². The predicted octanol–water partition coefficient (Wildman–Crippen LogP) is 2.31. The first kappa shape index (κ1) is 15.8. The Kier molecular flexibility index (Phi) is 3.40. The molecule has 1 aliphatic heterocycles. The average Bonchev–Trinajstić information content (AvgIpc) is 3.29. The molecule has 1 amide bonds. The second kappa shape index (κ2) is 5.38. The van der Waals surface area contributed by atoms with Crippen LogP contribution in [0, 0.1) is 19.7 Å². The maximum atomic E-state index is 13.9. The van der Waals surface area contributed by atoms with E-state index in [0.717, 1.165) is 5.56 Å². The number of halogens is 1. The van der Waals surface area contributed by atoms with Crippen LogP contribution in [0.4, 0.5) is 4.39 Å². The van der Waals surface area contributed by atoms with E-state index in [4.69, 9.17) is 8.94 Å². The molecule has 0 bridgehead atoms. The van der Waals surface area contributed by atoms with Gasteiger partial charge in [-0.1, -0.05) is 11.2 Å². The summed E-state index contributed by atoms with van der Waals surface area (Å²) in [5.74, 6) is -0.390. The Hall–Kier alpha value is -2.74. The molecule has 1 fully saturated rings. The van der Waals surface area contributed by atoms with Crippen LogP contribution in [-0.2, 0) is 5.60 Å². The van der Waals surface area contributed by atoms with Crippen LogP contribution >= 0.6 is 0 Å². The van der Waals surface area contributed by atoms with Crippen LogP contribution in [-0.4, -0.2) is 39.1 Å². The van der Waals surface area contributed by atoms with Crippen LogP contribution in [0.1, 0.15) is 34.3 Å². The van der Waals surface area contributed by atoms with Gasteiger partial charge in [0, 0.05) is 18.4 Å². The number of furan rings is 1. The second-order valence-electron chi connectivity index (χ2n) is 6.37. The summed E-state index contributed by atoms with van der Waals surface area (Å²) >= 11 is 0. The third-order valence-corrected chi connectivity index (χ3v) is 4.52. The minimum atomic E-state index is -1.38. The molecule has 8 heteroatoms. The van der Waals surface area contributed by atoms with Gasteiger partial charge in [-0.3, -0.25) is 4.79 Å². The number of carbonyl (C=O) groups is 1. The fourth-order valence-electron chi connectivity index (χ4n) is 3.11. The van der Waals surface area contributed by atoms with Crippen LogP contribution in [0.3, 0.4) is 0 Å². The van der Waals surface area contributed by atoms with E-state index in [-0.39, 0.29) is 30.2 Å². The zero-order valence-electron chi connectivity index (χ0n) is 13.7. The summed E-state index contributed by atoms with van der Waals surface area (Å²) in [6, 6.07) is 4.47. The van der Waals surface area contributed by atoms with Gasteiger partial charge < -0.3 is 18.9 Å². The van der Waals surface area contributed by atoms with Crippen molar-refractivity contribution in [3.8, 4) is 0 Å². The number of benzene rings is 1. The number of aliphatic hydroxyl groups is 1. The van der Waals surface area contributed by atoms with Gasteiger partial charge in [0.25, 0.3) is 11.8 Å². The Labute approximate surface area is 142 Å². The predicted molar refractivity (Wildman–Crippen MR) is 84.4 cm³/mol. The van der Waals surface area contributed by atoms with Gasteiger partial charge in [-0.15, -0.1) is 0 Å². The zero-order chi connectivity index (χ0) is 17.8. The van der Waals surface area contributed by atoms with E-state index < -0.39 is 17.3 Å². The Balaban J connectivity index is 1.62. The largest absolute Gasteiger partial charge is 0.448 e. The molecule has 130 valence electrons. The molecule has 3 aromatic rings. The summed E-state index contributed by atoms with van der Waals surface area (Å²) < 4.78 is 24.4. The highest BCUT2D eigenvalue weighted by molar-refractivity contribution is 5.97. The lowest BCUT2D eigenvalue weighted by Gasteiger charge is -2.18. The first-order chi connectivity index (χ1) is 11.9. The number of nitrogens with zero attached hydrogens (tertiary/aromatic N) is 3. The number of hydrogen-bond donors (Lipinski definition) is 1. The van der Waals surface area contributed by atoms with E-state index in [9.17, 15) is 14.3 Å². The molecule has 1 saturated heterocycles. The van der Waals surface area contributed by atoms with Gasteiger partial charge in [-0.25, -0.2) is 4.39 Å². The molecule has 25 heavy (non-hydrogen) atoms. The molecule has 4 rings (SSSR count). The van der Waals surface area contributed by atoms with Crippen molar-refractivity contribution in [3.63, 3.8) is 0 Å². The molecule has 1 atom stereocenters. The van der Waals surface area contributed by atoms with Crippen LogP contribution in [0.2, 0.25) is 0 Å². The van der Waals surface area contributed by atoms with Gasteiger partial charge in [-0.2, -0.15) is 4.98 Å². The summed E-state index contributed by atoms with van der Waals surface area (Å²) in [6.07, 6.45) is 0.272. The van der Waals surface area contributed by atoms with Crippen LogP contribution in [0.5, 0.6) is 0 Å². The van der Waals surface area contributed by atoms with Crippen molar-refractivity contribution in [2.24, 2.45) is 0 Å². The number of aromatic nitrogens is 2. The third-order valence-electron chi connectivity index (χ3n) is 4.52. The van der Waals surface area contributed by atoms with Crippen LogP contribution in [0.15, 0.2) is 27.1 Å². The Morgan fingerprint density at radius 3 is 2.88 bits per heavy atom. The molecule has 1 aliphatic rings. The number of amides is 1. The van der Waals surface area contributed by atoms with Crippen molar-refractivity contribution >= 4 is 16.9 Å². The Morgan fingerprint density at radius 2 is 2.20 bits per heavy atom. The number of hydrogen-bond acceptors (Lipinski definition) is 6. The van der Waals surface area contributed by atoms with Crippen molar-refractivity contribution in [2.75, 3.05) is 13.1 Å². The molecular weight excluding hydrogens is 329 g/mol. The summed E-state index contributed by atoms with van der Waals surface area (Å²) in [7, 11) is 0. The number of β-amino-alcohol motifs (C(OH)–C–C–N with tert-alkyl or cyclic N) is 1. The lowest BCUT2D eigenvalue weighted by molar-refractivity contribution is 0.0132. The molecule has 0 radical (unpaired) electrons. The lowest BCUT2D eigenvalue weighted by Crippen LogP contribution is -2.34. The van der Waals surface area contributed by atoms with E-state index in [1.54, 1.807) is 13.0 Å². The zero-order valence-corrected chi connectivity index (χ0v) is 13.7. The topological polar surface area (TPSA) is 92.6 Å².